The second-order valence-electron chi connectivity index (χ2n) is 7.31. The molecule has 2 aromatic carbocycles. The molecule has 30 heavy (non-hydrogen) atoms. The fourth-order valence-electron chi connectivity index (χ4n) is 3.65. The molecular weight excluding hydrogens is 382 g/mol. The maximum absolute atomic E-state index is 12.7. The van der Waals surface area contributed by atoms with Gasteiger partial charge in [0, 0.05) is 51.5 Å². The number of nitrogens with zero attached hydrogens (tertiary/aromatic N) is 4. The molecule has 1 aromatic heterocycles. The lowest BCUT2D eigenvalue weighted by Gasteiger charge is -2.35. The van der Waals surface area contributed by atoms with E-state index in [9.17, 15) is 14.4 Å². The van der Waals surface area contributed by atoms with Gasteiger partial charge in [-0.1, -0.05) is 12.1 Å². The van der Waals surface area contributed by atoms with Crippen molar-refractivity contribution >= 4 is 34.2 Å². The van der Waals surface area contributed by atoms with Gasteiger partial charge in [0.1, 0.15) is 0 Å². The Bertz CT molecular complexity index is 1160. The molecule has 2 amide bonds. The summed E-state index contributed by atoms with van der Waals surface area (Å²) in [6.07, 6.45) is 0. The van der Waals surface area contributed by atoms with Crippen LogP contribution in [0.2, 0.25) is 0 Å². The second kappa shape index (κ2) is 7.98. The van der Waals surface area contributed by atoms with E-state index in [4.69, 9.17) is 0 Å². The lowest BCUT2D eigenvalue weighted by atomic mass is 10.2. The molecule has 0 saturated carbocycles. The molecule has 1 aliphatic heterocycles. The maximum atomic E-state index is 12.7. The summed E-state index contributed by atoms with van der Waals surface area (Å²) in [4.78, 5) is 45.0. The van der Waals surface area contributed by atoms with E-state index in [0.29, 0.717) is 29.8 Å². The van der Waals surface area contributed by atoms with E-state index in [2.05, 4.69) is 15.2 Å². The first-order chi connectivity index (χ1) is 14.4. The van der Waals surface area contributed by atoms with E-state index in [1.54, 1.807) is 38.2 Å². The summed E-state index contributed by atoms with van der Waals surface area (Å²) in [5, 5.41) is 2.76. The van der Waals surface area contributed by atoms with Gasteiger partial charge in [-0.15, -0.1) is 0 Å². The Morgan fingerprint density at radius 3 is 2.30 bits per heavy atom. The van der Waals surface area contributed by atoms with Gasteiger partial charge in [0.25, 0.3) is 11.5 Å². The standard InChI is InChI=1S/C22H23N5O3/c1-15(28)26-11-13-27(14-12-26)17-9-7-16(8-10-17)23-21(29)20-22(30)25(2)19-6-4-3-5-18(19)24-20/h3-10H,11-14H2,1-2H3,(H,23,29). The molecule has 8 nitrogen and oxygen atoms in total. The molecule has 0 unspecified atom stereocenters. The van der Waals surface area contributed by atoms with Crippen LogP contribution >= 0.6 is 0 Å². The topological polar surface area (TPSA) is 87.5 Å². The Morgan fingerprint density at radius 1 is 0.967 bits per heavy atom. The molecule has 4 rings (SSSR count). The van der Waals surface area contributed by atoms with Crippen molar-refractivity contribution in [3.63, 3.8) is 0 Å². The first kappa shape index (κ1) is 19.6. The molecule has 0 aliphatic carbocycles. The summed E-state index contributed by atoms with van der Waals surface area (Å²) in [7, 11) is 1.63. The van der Waals surface area contributed by atoms with Crippen LogP contribution in [0.1, 0.15) is 17.4 Å². The van der Waals surface area contributed by atoms with E-state index in [1.807, 2.05) is 29.2 Å². The SMILES string of the molecule is CC(=O)N1CCN(c2ccc(NC(=O)c3nc4ccccc4n(C)c3=O)cc2)CC1. The average Bonchev–Trinajstić information content (AvgIpc) is 2.77. The van der Waals surface area contributed by atoms with Crippen LogP contribution in [0.4, 0.5) is 11.4 Å². The quantitative estimate of drug-likeness (QED) is 0.719. The number of aromatic nitrogens is 2. The van der Waals surface area contributed by atoms with Crippen molar-refractivity contribution in [3.05, 3.63) is 64.6 Å². The van der Waals surface area contributed by atoms with Gasteiger partial charge in [0.05, 0.1) is 11.0 Å². The molecular formula is C22H23N5O3. The number of rotatable bonds is 3. The van der Waals surface area contributed by atoms with Crippen molar-refractivity contribution < 1.29 is 9.59 Å². The summed E-state index contributed by atoms with van der Waals surface area (Å²) < 4.78 is 1.43. The Labute approximate surface area is 173 Å². The lowest BCUT2D eigenvalue weighted by molar-refractivity contribution is -0.129. The lowest BCUT2D eigenvalue weighted by Crippen LogP contribution is -2.48. The van der Waals surface area contributed by atoms with Crippen LogP contribution in [-0.4, -0.2) is 52.4 Å². The first-order valence-electron chi connectivity index (χ1n) is 9.81. The predicted octanol–water partition coefficient (Wildman–Crippen LogP) is 1.85. The molecule has 0 spiro atoms. The molecule has 2 heterocycles. The minimum atomic E-state index is -0.538. The zero-order valence-electron chi connectivity index (χ0n) is 17.0. The predicted molar refractivity (Wildman–Crippen MR) is 116 cm³/mol. The van der Waals surface area contributed by atoms with Crippen molar-refractivity contribution in [2.45, 2.75) is 6.92 Å². The minimum Gasteiger partial charge on any atom is -0.368 e. The van der Waals surface area contributed by atoms with Gasteiger partial charge in [-0.3, -0.25) is 14.4 Å². The van der Waals surface area contributed by atoms with E-state index in [-0.39, 0.29) is 11.6 Å². The number of benzene rings is 2. The van der Waals surface area contributed by atoms with Gasteiger partial charge in [0.15, 0.2) is 5.69 Å². The molecule has 1 N–H and O–H groups in total. The third kappa shape index (κ3) is 3.76. The molecule has 3 aromatic rings. The minimum absolute atomic E-state index is 0.0983. The molecule has 0 bridgehead atoms. The molecule has 0 radical (unpaired) electrons. The molecule has 1 aliphatic rings. The highest BCUT2D eigenvalue weighted by Gasteiger charge is 2.19. The zero-order valence-corrected chi connectivity index (χ0v) is 17.0. The third-order valence-electron chi connectivity index (χ3n) is 5.41. The maximum Gasteiger partial charge on any atom is 0.282 e. The monoisotopic (exact) mass is 405 g/mol. The Morgan fingerprint density at radius 2 is 1.63 bits per heavy atom. The third-order valence-corrected chi connectivity index (χ3v) is 5.41. The molecule has 1 fully saturated rings. The summed E-state index contributed by atoms with van der Waals surface area (Å²) in [5.41, 5.74) is 2.30. The van der Waals surface area contributed by atoms with Crippen molar-refractivity contribution in [1.29, 1.82) is 0 Å². The molecule has 0 atom stereocenters. The van der Waals surface area contributed by atoms with Crippen LogP contribution in [0.15, 0.2) is 53.3 Å². The Kier molecular flexibility index (Phi) is 5.22. The highest BCUT2D eigenvalue weighted by atomic mass is 16.2. The van der Waals surface area contributed by atoms with Gasteiger partial charge in [0.2, 0.25) is 5.91 Å². The van der Waals surface area contributed by atoms with Crippen molar-refractivity contribution in [2.24, 2.45) is 7.05 Å². The van der Waals surface area contributed by atoms with Crippen molar-refractivity contribution in [1.82, 2.24) is 14.5 Å². The molecule has 154 valence electrons. The summed E-state index contributed by atoms with van der Waals surface area (Å²) in [6, 6.07) is 14.6. The summed E-state index contributed by atoms with van der Waals surface area (Å²) in [6.45, 7) is 4.52. The zero-order chi connectivity index (χ0) is 21.3. The number of aryl methyl sites for hydroxylation is 1. The Hall–Kier alpha value is -3.68. The van der Waals surface area contributed by atoms with E-state index in [0.717, 1.165) is 18.8 Å². The Balaban J connectivity index is 1.48. The number of amides is 2. The van der Waals surface area contributed by atoms with E-state index in [1.165, 1.54) is 4.57 Å². The van der Waals surface area contributed by atoms with Gasteiger partial charge in [-0.25, -0.2) is 4.98 Å². The van der Waals surface area contributed by atoms with Crippen LogP contribution in [0.5, 0.6) is 0 Å². The number of hydrogen-bond donors (Lipinski definition) is 1. The number of anilines is 2. The second-order valence-corrected chi connectivity index (χ2v) is 7.31. The van der Waals surface area contributed by atoms with Crippen LogP contribution in [-0.2, 0) is 11.8 Å². The molecule has 8 heteroatoms. The van der Waals surface area contributed by atoms with Crippen LogP contribution in [0, 0.1) is 0 Å². The number of carbonyl (C=O) groups excluding carboxylic acids is 2. The van der Waals surface area contributed by atoms with Crippen molar-refractivity contribution in [3.8, 4) is 0 Å². The van der Waals surface area contributed by atoms with Gasteiger partial charge >= 0.3 is 0 Å². The van der Waals surface area contributed by atoms with E-state index < -0.39 is 11.5 Å². The number of nitrogens with one attached hydrogen (secondary N) is 1. The van der Waals surface area contributed by atoms with Gasteiger partial charge in [-0.05, 0) is 36.4 Å². The first-order valence-corrected chi connectivity index (χ1v) is 9.81. The number of para-hydroxylation sites is 2. The van der Waals surface area contributed by atoms with Crippen molar-refractivity contribution in [2.75, 3.05) is 36.4 Å². The highest BCUT2D eigenvalue weighted by molar-refractivity contribution is 6.03. The number of hydrogen-bond acceptors (Lipinski definition) is 5. The summed E-state index contributed by atoms with van der Waals surface area (Å²) >= 11 is 0. The fourth-order valence-corrected chi connectivity index (χ4v) is 3.65. The number of fused-ring (bicyclic) bond motifs is 1. The van der Waals surface area contributed by atoms with Crippen LogP contribution < -0.4 is 15.8 Å². The number of carbonyl (C=O) groups is 2. The fraction of sp³-hybridized carbons (Fsp3) is 0.273. The number of piperazine rings is 1. The normalized spacial score (nSPS) is 14.1. The smallest absolute Gasteiger partial charge is 0.282 e. The average molecular weight is 405 g/mol. The van der Waals surface area contributed by atoms with Gasteiger partial charge in [-0.2, -0.15) is 0 Å². The highest BCUT2D eigenvalue weighted by Crippen LogP contribution is 2.20. The van der Waals surface area contributed by atoms with Gasteiger partial charge < -0.3 is 19.7 Å². The summed E-state index contributed by atoms with van der Waals surface area (Å²) in [5.74, 6) is -0.440. The van der Waals surface area contributed by atoms with Crippen LogP contribution in [0.25, 0.3) is 11.0 Å². The van der Waals surface area contributed by atoms with Crippen LogP contribution in [0.3, 0.4) is 0 Å². The van der Waals surface area contributed by atoms with E-state index >= 15 is 0 Å². The molecule has 1 saturated heterocycles. The largest absolute Gasteiger partial charge is 0.368 e.